The average molecular weight is 351 g/mol. The van der Waals surface area contributed by atoms with Crippen LogP contribution in [0.2, 0.25) is 0 Å². The fraction of sp³-hybridized carbons (Fsp3) is 0.429. The highest BCUT2D eigenvalue weighted by Crippen LogP contribution is 2.33. The molecule has 2 fully saturated rings. The van der Waals surface area contributed by atoms with E-state index in [0.29, 0.717) is 13.2 Å². The second-order valence-corrected chi connectivity index (χ2v) is 6.88. The predicted molar refractivity (Wildman–Crippen MR) is 101 cm³/mol. The lowest BCUT2D eigenvalue weighted by atomic mass is 9.97. The predicted octanol–water partition coefficient (Wildman–Crippen LogP) is 3.29. The number of pyridine rings is 1. The summed E-state index contributed by atoms with van der Waals surface area (Å²) in [7, 11) is 0. The maximum absolute atomic E-state index is 13.5. The Bertz CT molecular complexity index is 744. The molecule has 5 heteroatoms. The van der Waals surface area contributed by atoms with Crippen molar-refractivity contribution in [3.05, 3.63) is 59.9 Å². The molecule has 136 valence electrons. The molecule has 1 unspecified atom stereocenters. The molecule has 5 nitrogen and oxygen atoms in total. The van der Waals surface area contributed by atoms with Crippen molar-refractivity contribution in [3.8, 4) is 0 Å². The quantitative estimate of drug-likeness (QED) is 0.851. The van der Waals surface area contributed by atoms with Gasteiger partial charge in [-0.25, -0.2) is 0 Å². The zero-order chi connectivity index (χ0) is 17.8. The molecule has 2 aliphatic heterocycles. The standard InChI is InChI=1S/C21H25N3O2/c25-21(17-7-1-2-9-19(17)23-13-15-26-16-14-23)24-12-6-4-10-20(24)18-8-3-5-11-22-18/h1-3,5,7-9,11,20H,4,6,10,12-16H2. The molecule has 1 aromatic carbocycles. The van der Waals surface area contributed by atoms with E-state index in [-0.39, 0.29) is 11.9 Å². The molecule has 0 aliphatic carbocycles. The Hall–Kier alpha value is -2.40. The van der Waals surface area contributed by atoms with Crippen LogP contribution in [0.15, 0.2) is 48.7 Å². The third kappa shape index (κ3) is 3.44. The highest BCUT2D eigenvalue weighted by Gasteiger charge is 2.31. The average Bonchev–Trinajstić information content (AvgIpc) is 2.74. The molecule has 2 saturated heterocycles. The van der Waals surface area contributed by atoms with Crippen LogP contribution in [0.3, 0.4) is 0 Å². The number of benzene rings is 1. The lowest BCUT2D eigenvalue weighted by Crippen LogP contribution is -2.41. The molecule has 3 heterocycles. The van der Waals surface area contributed by atoms with Crippen LogP contribution in [0.1, 0.15) is 41.4 Å². The van der Waals surface area contributed by atoms with Gasteiger partial charge in [0.15, 0.2) is 0 Å². The number of likely N-dealkylation sites (tertiary alicyclic amines) is 1. The summed E-state index contributed by atoms with van der Waals surface area (Å²) in [5.74, 6) is 0.113. The highest BCUT2D eigenvalue weighted by molar-refractivity contribution is 6.00. The normalized spacial score (nSPS) is 20.8. The Morgan fingerprint density at radius 1 is 1.00 bits per heavy atom. The summed E-state index contributed by atoms with van der Waals surface area (Å²) < 4.78 is 5.47. The fourth-order valence-electron chi connectivity index (χ4n) is 3.94. The second-order valence-electron chi connectivity index (χ2n) is 6.88. The van der Waals surface area contributed by atoms with E-state index in [1.807, 2.05) is 47.5 Å². The van der Waals surface area contributed by atoms with Crippen molar-refractivity contribution in [2.45, 2.75) is 25.3 Å². The molecule has 0 bridgehead atoms. The van der Waals surface area contributed by atoms with Crippen molar-refractivity contribution in [2.24, 2.45) is 0 Å². The van der Waals surface area contributed by atoms with Crippen LogP contribution in [0.5, 0.6) is 0 Å². The number of rotatable bonds is 3. The highest BCUT2D eigenvalue weighted by atomic mass is 16.5. The van der Waals surface area contributed by atoms with Gasteiger partial charge in [0.25, 0.3) is 5.91 Å². The van der Waals surface area contributed by atoms with E-state index in [4.69, 9.17) is 4.74 Å². The molecular formula is C21H25N3O2. The minimum Gasteiger partial charge on any atom is -0.378 e. The Kier molecular flexibility index (Phi) is 5.16. The van der Waals surface area contributed by atoms with E-state index in [2.05, 4.69) is 16.0 Å². The molecule has 4 rings (SSSR count). The zero-order valence-electron chi connectivity index (χ0n) is 15.0. The zero-order valence-corrected chi connectivity index (χ0v) is 15.0. The van der Waals surface area contributed by atoms with E-state index in [9.17, 15) is 4.79 Å². The smallest absolute Gasteiger partial charge is 0.256 e. The largest absolute Gasteiger partial charge is 0.378 e. The van der Waals surface area contributed by atoms with Gasteiger partial charge in [-0.1, -0.05) is 18.2 Å². The van der Waals surface area contributed by atoms with Gasteiger partial charge >= 0.3 is 0 Å². The fourth-order valence-corrected chi connectivity index (χ4v) is 3.94. The van der Waals surface area contributed by atoms with Crippen molar-refractivity contribution in [1.29, 1.82) is 0 Å². The summed E-state index contributed by atoms with van der Waals surface area (Å²) in [6.45, 7) is 3.87. The van der Waals surface area contributed by atoms with Crippen LogP contribution < -0.4 is 4.90 Å². The molecule has 1 aromatic heterocycles. The molecule has 26 heavy (non-hydrogen) atoms. The first-order chi connectivity index (χ1) is 12.8. The Balaban J connectivity index is 1.64. The van der Waals surface area contributed by atoms with Gasteiger partial charge < -0.3 is 14.5 Å². The Morgan fingerprint density at radius 3 is 2.62 bits per heavy atom. The number of carbonyl (C=O) groups is 1. The molecule has 0 N–H and O–H groups in total. The number of carbonyl (C=O) groups excluding carboxylic acids is 1. The summed E-state index contributed by atoms with van der Waals surface area (Å²) >= 11 is 0. The number of nitrogens with zero attached hydrogens (tertiary/aromatic N) is 3. The van der Waals surface area contributed by atoms with E-state index in [1.54, 1.807) is 0 Å². The first-order valence-electron chi connectivity index (χ1n) is 9.48. The van der Waals surface area contributed by atoms with E-state index in [1.165, 1.54) is 0 Å². The lowest BCUT2D eigenvalue weighted by Gasteiger charge is -2.37. The molecule has 2 aliphatic rings. The minimum absolute atomic E-state index is 0.0650. The molecule has 0 radical (unpaired) electrons. The van der Waals surface area contributed by atoms with E-state index < -0.39 is 0 Å². The molecule has 0 saturated carbocycles. The monoisotopic (exact) mass is 351 g/mol. The molecular weight excluding hydrogens is 326 g/mol. The maximum atomic E-state index is 13.5. The third-order valence-corrected chi connectivity index (χ3v) is 5.28. The van der Waals surface area contributed by atoms with Crippen molar-refractivity contribution in [1.82, 2.24) is 9.88 Å². The summed E-state index contributed by atoms with van der Waals surface area (Å²) in [6, 6.07) is 14.0. The number of ether oxygens (including phenoxy) is 1. The van der Waals surface area contributed by atoms with Crippen LogP contribution in [0, 0.1) is 0 Å². The maximum Gasteiger partial charge on any atom is 0.256 e. The van der Waals surface area contributed by atoms with Crippen molar-refractivity contribution in [3.63, 3.8) is 0 Å². The number of hydrogen-bond acceptors (Lipinski definition) is 4. The van der Waals surface area contributed by atoms with Gasteiger partial charge in [-0.3, -0.25) is 9.78 Å². The van der Waals surface area contributed by atoms with Gasteiger partial charge in [-0.2, -0.15) is 0 Å². The van der Waals surface area contributed by atoms with E-state index >= 15 is 0 Å². The van der Waals surface area contributed by atoms with Gasteiger partial charge in [0.2, 0.25) is 0 Å². The van der Waals surface area contributed by atoms with Crippen LogP contribution in [0.4, 0.5) is 5.69 Å². The van der Waals surface area contributed by atoms with Crippen LogP contribution in [-0.2, 0) is 4.74 Å². The summed E-state index contributed by atoms with van der Waals surface area (Å²) in [4.78, 5) is 22.3. The SMILES string of the molecule is O=C(c1ccccc1N1CCOCC1)N1CCCCC1c1ccccn1. The Labute approximate surface area is 154 Å². The first kappa shape index (κ1) is 17.0. The Morgan fingerprint density at radius 2 is 1.81 bits per heavy atom. The topological polar surface area (TPSA) is 45.7 Å². The minimum atomic E-state index is 0.0650. The van der Waals surface area contributed by atoms with Crippen LogP contribution >= 0.6 is 0 Å². The van der Waals surface area contributed by atoms with Crippen LogP contribution in [0.25, 0.3) is 0 Å². The molecule has 2 aromatic rings. The summed E-state index contributed by atoms with van der Waals surface area (Å²) in [5.41, 5.74) is 2.80. The van der Waals surface area contributed by atoms with Gasteiger partial charge in [0.1, 0.15) is 0 Å². The van der Waals surface area contributed by atoms with Gasteiger partial charge in [0.05, 0.1) is 30.5 Å². The van der Waals surface area contributed by atoms with Crippen molar-refractivity contribution >= 4 is 11.6 Å². The summed E-state index contributed by atoms with van der Waals surface area (Å²) in [6.07, 6.45) is 4.97. The number of hydrogen-bond donors (Lipinski definition) is 0. The van der Waals surface area contributed by atoms with Gasteiger partial charge in [-0.05, 0) is 43.5 Å². The second kappa shape index (κ2) is 7.87. The third-order valence-electron chi connectivity index (χ3n) is 5.28. The van der Waals surface area contributed by atoms with E-state index in [0.717, 1.165) is 55.8 Å². The van der Waals surface area contributed by atoms with Crippen molar-refractivity contribution in [2.75, 3.05) is 37.7 Å². The molecule has 0 spiro atoms. The first-order valence-corrected chi connectivity index (χ1v) is 9.48. The molecule has 1 atom stereocenters. The van der Waals surface area contributed by atoms with Gasteiger partial charge in [0, 0.05) is 31.5 Å². The van der Waals surface area contributed by atoms with Crippen molar-refractivity contribution < 1.29 is 9.53 Å². The number of amides is 1. The van der Waals surface area contributed by atoms with Gasteiger partial charge in [-0.15, -0.1) is 0 Å². The number of anilines is 1. The number of para-hydroxylation sites is 1. The number of aromatic nitrogens is 1. The number of piperidine rings is 1. The molecule has 1 amide bonds. The lowest BCUT2D eigenvalue weighted by molar-refractivity contribution is 0.0605. The van der Waals surface area contributed by atoms with Crippen LogP contribution in [-0.4, -0.2) is 48.6 Å². The summed E-state index contributed by atoms with van der Waals surface area (Å²) in [5, 5.41) is 0. The number of morpholine rings is 1.